The van der Waals surface area contributed by atoms with Gasteiger partial charge in [0.25, 0.3) is 0 Å². The average molecular weight is 342 g/mol. The zero-order valence-corrected chi connectivity index (χ0v) is 13.6. The van der Waals surface area contributed by atoms with Crippen LogP contribution in [0.1, 0.15) is 0 Å². The molecule has 5 rings (SSSR count). The minimum Gasteiger partial charge on any atom is -0.508 e. The topological polar surface area (TPSA) is 97.8 Å². The van der Waals surface area contributed by atoms with Crippen molar-refractivity contribution in [1.29, 1.82) is 0 Å². The van der Waals surface area contributed by atoms with Gasteiger partial charge in [0.05, 0.1) is 22.1 Å². The Bertz CT molecular complexity index is 1150. The molecule has 0 spiro atoms. The summed E-state index contributed by atoms with van der Waals surface area (Å²) in [6, 6.07) is 18.0. The van der Waals surface area contributed by atoms with Crippen LogP contribution in [0.5, 0.6) is 11.5 Å². The second kappa shape index (κ2) is 5.35. The number of aromatic nitrogens is 4. The molecule has 2 aromatic heterocycles. The fourth-order valence-electron chi connectivity index (χ4n) is 3.05. The van der Waals surface area contributed by atoms with E-state index in [2.05, 4.69) is 19.9 Å². The van der Waals surface area contributed by atoms with Crippen molar-refractivity contribution in [3.63, 3.8) is 0 Å². The van der Waals surface area contributed by atoms with Crippen LogP contribution >= 0.6 is 0 Å². The Hall–Kier alpha value is -3.80. The zero-order chi connectivity index (χ0) is 17.7. The monoisotopic (exact) mass is 342 g/mol. The molecular weight excluding hydrogens is 328 g/mol. The van der Waals surface area contributed by atoms with E-state index in [1.807, 2.05) is 24.3 Å². The Kier molecular flexibility index (Phi) is 2.99. The lowest BCUT2D eigenvalue weighted by atomic mass is 10.1. The quantitative estimate of drug-likeness (QED) is 0.387. The van der Waals surface area contributed by atoms with Crippen molar-refractivity contribution >= 4 is 22.1 Å². The first-order valence-electron chi connectivity index (χ1n) is 8.14. The summed E-state index contributed by atoms with van der Waals surface area (Å²) in [6.07, 6.45) is 0. The summed E-state index contributed by atoms with van der Waals surface area (Å²) in [4.78, 5) is 15.5. The van der Waals surface area contributed by atoms with E-state index in [9.17, 15) is 10.2 Å². The van der Waals surface area contributed by atoms with Gasteiger partial charge in [0.15, 0.2) is 0 Å². The summed E-state index contributed by atoms with van der Waals surface area (Å²) in [5.41, 5.74) is 5.08. The molecule has 0 aliphatic heterocycles. The Morgan fingerprint density at radius 3 is 1.42 bits per heavy atom. The highest BCUT2D eigenvalue weighted by Gasteiger charge is 2.09. The number of nitrogens with zero attached hydrogens (tertiary/aromatic N) is 2. The van der Waals surface area contributed by atoms with Gasteiger partial charge in [-0.15, -0.1) is 0 Å². The summed E-state index contributed by atoms with van der Waals surface area (Å²) < 4.78 is 0. The molecule has 6 nitrogen and oxygen atoms in total. The van der Waals surface area contributed by atoms with Crippen LogP contribution < -0.4 is 0 Å². The second-order valence-corrected chi connectivity index (χ2v) is 6.15. The number of hydrogen-bond donors (Lipinski definition) is 4. The summed E-state index contributed by atoms with van der Waals surface area (Å²) >= 11 is 0. The van der Waals surface area contributed by atoms with Crippen LogP contribution in [0.4, 0.5) is 0 Å². The van der Waals surface area contributed by atoms with Gasteiger partial charge in [-0.1, -0.05) is 24.3 Å². The molecule has 0 aliphatic carbocycles. The van der Waals surface area contributed by atoms with Crippen molar-refractivity contribution in [2.45, 2.75) is 0 Å². The number of aromatic hydroxyl groups is 2. The molecule has 5 aromatic rings. The van der Waals surface area contributed by atoms with Crippen LogP contribution in [0.25, 0.3) is 44.8 Å². The number of fused-ring (bicyclic) bond motifs is 2. The molecule has 0 radical (unpaired) electrons. The molecule has 6 heteroatoms. The third-order valence-electron chi connectivity index (χ3n) is 4.36. The van der Waals surface area contributed by atoms with Gasteiger partial charge in [-0.2, -0.15) is 0 Å². The van der Waals surface area contributed by atoms with Crippen LogP contribution in [-0.4, -0.2) is 30.1 Å². The number of nitrogens with one attached hydrogen (secondary N) is 2. The highest BCUT2D eigenvalue weighted by Crippen LogP contribution is 2.27. The van der Waals surface area contributed by atoms with Crippen molar-refractivity contribution in [1.82, 2.24) is 19.9 Å². The first-order valence-corrected chi connectivity index (χ1v) is 8.14. The summed E-state index contributed by atoms with van der Waals surface area (Å²) in [6.45, 7) is 0. The number of H-pyrrole nitrogens is 2. The molecule has 0 aliphatic rings. The molecule has 4 N–H and O–H groups in total. The molecule has 26 heavy (non-hydrogen) atoms. The van der Waals surface area contributed by atoms with E-state index >= 15 is 0 Å². The van der Waals surface area contributed by atoms with Crippen molar-refractivity contribution in [3.05, 3.63) is 60.7 Å². The standard InChI is InChI=1S/C20H14N4O2/c25-13-5-7-15-17(9-13)23-19(21-15)11-1-2-12(4-3-11)20-22-16-8-6-14(26)10-18(16)24-20/h1-10,25-26H,(H,21,23)(H,22,24). The lowest BCUT2D eigenvalue weighted by molar-refractivity contribution is 0.475. The minimum absolute atomic E-state index is 0.207. The summed E-state index contributed by atoms with van der Waals surface area (Å²) in [7, 11) is 0. The fourth-order valence-corrected chi connectivity index (χ4v) is 3.05. The number of hydrogen-bond acceptors (Lipinski definition) is 4. The SMILES string of the molecule is Oc1ccc2nc(-c3ccc(-c4nc5ccc(O)cc5[nH]4)cc3)[nH]c2c1. The number of phenolic OH excluding ortho intramolecular Hbond substituents is 2. The number of phenols is 2. The normalized spacial score (nSPS) is 11.4. The van der Waals surface area contributed by atoms with E-state index in [0.717, 1.165) is 44.8 Å². The van der Waals surface area contributed by atoms with Gasteiger partial charge in [-0.05, 0) is 24.3 Å². The van der Waals surface area contributed by atoms with Gasteiger partial charge in [-0.25, -0.2) is 9.97 Å². The van der Waals surface area contributed by atoms with E-state index < -0.39 is 0 Å². The van der Waals surface area contributed by atoms with Gasteiger partial charge < -0.3 is 20.2 Å². The van der Waals surface area contributed by atoms with Crippen LogP contribution in [-0.2, 0) is 0 Å². The highest BCUT2D eigenvalue weighted by molar-refractivity contribution is 5.82. The Morgan fingerprint density at radius 1 is 0.577 bits per heavy atom. The lowest BCUT2D eigenvalue weighted by Gasteiger charge is -1.99. The maximum Gasteiger partial charge on any atom is 0.138 e. The maximum absolute atomic E-state index is 9.58. The third-order valence-corrected chi connectivity index (χ3v) is 4.36. The van der Waals surface area contributed by atoms with Gasteiger partial charge in [0, 0.05) is 23.3 Å². The van der Waals surface area contributed by atoms with E-state index in [-0.39, 0.29) is 11.5 Å². The molecule has 2 heterocycles. The molecule has 0 bridgehead atoms. The fraction of sp³-hybridized carbons (Fsp3) is 0. The van der Waals surface area contributed by atoms with Crippen LogP contribution in [0.2, 0.25) is 0 Å². The largest absolute Gasteiger partial charge is 0.508 e. The van der Waals surface area contributed by atoms with Crippen molar-refractivity contribution in [3.8, 4) is 34.3 Å². The molecule has 0 unspecified atom stereocenters. The van der Waals surface area contributed by atoms with E-state index in [0.29, 0.717) is 0 Å². The van der Waals surface area contributed by atoms with Crippen LogP contribution in [0.15, 0.2) is 60.7 Å². The minimum atomic E-state index is 0.207. The molecule has 0 saturated heterocycles. The van der Waals surface area contributed by atoms with Gasteiger partial charge in [-0.3, -0.25) is 0 Å². The summed E-state index contributed by atoms with van der Waals surface area (Å²) in [5.74, 6) is 1.90. The van der Waals surface area contributed by atoms with Crippen molar-refractivity contribution in [2.24, 2.45) is 0 Å². The second-order valence-electron chi connectivity index (χ2n) is 6.15. The lowest BCUT2D eigenvalue weighted by Crippen LogP contribution is -1.83. The van der Waals surface area contributed by atoms with Gasteiger partial charge in [0.1, 0.15) is 23.1 Å². The van der Waals surface area contributed by atoms with Crippen molar-refractivity contribution in [2.75, 3.05) is 0 Å². The molecular formula is C20H14N4O2. The smallest absolute Gasteiger partial charge is 0.138 e. The molecule has 3 aromatic carbocycles. The summed E-state index contributed by atoms with van der Waals surface area (Å²) in [5, 5.41) is 19.2. The Labute approximate surface area is 147 Å². The van der Waals surface area contributed by atoms with Crippen molar-refractivity contribution < 1.29 is 10.2 Å². The van der Waals surface area contributed by atoms with Gasteiger partial charge in [0.2, 0.25) is 0 Å². The number of benzene rings is 3. The van der Waals surface area contributed by atoms with Gasteiger partial charge >= 0.3 is 0 Å². The predicted octanol–water partition coefficient (Wildman–Crippen LogP) is 4.18. The molecule has 0 saturated carbocycles. The molecule has 0 atom stereocenters. The first-order chi connectivity index (χ1) is 12.7. The third kappa shape index (κ3) is 2.36. The highest BCUT2D eigenvalue weighted by atomic mass is 16.3. The zero-order valence-electron chi connectivity index (χ0n) is 13.6. The maximum atomic E-state index is 9.58. The van der Waals surface area contributed by atoms with E-state index in [1.165, 1.54) is 0 Å². The Morgan fingerprint density at radius 2 is 1.00 bits per heavy atom. The molecule has 126 valence electrons. The number of imidazole rings is 2. The average Bonchev–Trinajstić information content (AvgIpc) is 3.25. The van der Waals surface area contributed by atoms with Crippen LogP contribution in [0.3, 0.4) is 0 Å². The van der Waals surface area contributed by atoms with E-state index in [1.54, 1.807) is 36.4 Å². The predicted molar refractivity (Wildman–Crippen MR) is 99.9 cm³/mol. The van der Waals surface area contributed by atoms with Crippen LogP contribution in [0, 0.1) is 0 Å². The number of aromatic amines is 2. The molecule has 0 amide bonds. The Balaban J connectivity index is 1.52. The first kappa shape index (κ1) is 14.5. The number of rotatable bonds is 2. The van der Waals surface area contributed by atoms with E-state index in [4.69, 9.17) is 0 Å². The molecule has 0 fully saturated rings.